The highest BCUT2D eigenvalue weighted by Gasteiger charge is 2.63. The minimum absolute atomic E-state index is 0.00916. The Balaban J connectivity index is 0.542. The number of benzene rings is 1. The lowest BCUT2D eigenvalue weighted by atomic mass is 9.47. The molecule has 1 aromatic rings. The second-order valence-corrected chi connectivity index (χ2v) is 44.6. The zero-order valence-corrected chi connectivity index (χ0v) is 75.7. The maximum atomic E-state index is 13.5. The summed E-state index contributed by atoms with van der Waals surface area (Å²) in [4.78, 5) is 40.5. The van der Waals surface area contributed by atoms with Gasteiger partial charge in [0.15, 0.2) is 0 Å². The van der Waals surface area contributed by atoms with E-state index in [0.717, 1.165) is 222 Å². The van der Waals surface area contributed by atoms with Crippen LogP contribution in [0.25, 0.3) is 0 Å². The van der Waals surface area contributed by atoms with Gasteiger partial charge < -0.3 is 28.4 Å². The molecule has 9 heteroatoms. The fraction of sp³-hybridized carbons (Fsp3) is 0.857. The lowest BCUT2D eigenvalue weighted by molar-refractivity contribution is -0.152. The van der Waals surface area contributed by atoms with Crippen LogP contribution in [0, 0.1) is 139 Å². The molecule has 0 aliphatic heterocycles. The van der Waals surface area contributed by atoms with Gasteiger partial charge >= 0.3 is 17.9 Å². The third-order valence-corrected chi connectivity index (χ3v) is 36.4. The van der Waals surface area contributed by atoms with Crippen molar-refractivity contribution in [3.8, 4) is 17.2 Å². The zero-order chi connectivity index (χ0) is 80.7. The highest BCUT2D eigenvalue weighted by Crippen LogP contribution is 2.71. The molecule has 0 amide bonds. The summed E-state index contributed by atoms with van der Waals surface area (Å²) in [6.45, 7) is 39.4. The quantitative estimate of drug-likeness (QED) is 0.0276. The van der Waals surface area contributed by atoms with Crippen LogP contribution in [0.2, 0.25) is 0 Å². The molecule has 9 fully saturated rings. The van der Waals surface area contributed by atoms with Crippen LogP contribution >= 0.6 is 0 Å². The van der Waals surface area contributed by atoms with Crippen LogP contribution in [-0.4, -0.2) is 56.0 Å². The molecule has 0 heterocycles. The summed E-state index contributed by atoms with van der Waals surface area (Å²) < 4.78 is 38.3. The van der Waals surface area contributed by atoms with Crippen LogP contribution in [0.1, 0.15) is 393 Å². The number of fused-ring (bicyclic) bond motifs is 15. The summed E-state index contributed by atoms with van der Waals surface area (Å²) in [6.07, 6.45) is 58.6. The van der Waals surface area contributed by atoms with Crippen LogP contribution in [0.5, 0.6) is 17.2 Å². The monoisotopic (exact) mass is 1570 g/mol. The van der Waals surface area contributed by atoms with Gasteiger partial charge in [-0.05, 0) is 332 Å². The summed E-state index contributed by atoms with van der Waals surface area (Å²) in [5.41, 5.74) is 6.96. The van der Waals surface area contributed by atoms with Gasteiger partial charge in [0.25, 0.3) is 0 Å². The minimum Gasteiger partial charge on any atom is -0.493 e. The number of carbonyl (C=O) groups is 3. The van der Waals surface area contributed by atoms with E-state index < -0.39 is 0 Å². The number of unbranched alkanes of at least 4 members (excludes halogenated alkanes) is 6. The molecular weight excluding hydrogens is 1410 g/mol. The summed E-state index contributed by atoms with van der Waals surface area (Å²) in [5, 5.41) is 0. The Morgan fingerprint density at radius 2 is 0.605 bits per heavy atom. The number of ether oxygens (including phenoxy) is 6. The van der Waals surface area contributed by atoms with Crippen LogP contribution in [-0.2, 0) is 28.6 Å². The Bertz CT molecular complexity index is 3050. The fourth-order valence-corrected chi connectivity index (χ4v) is 30.0. The van der Waals surface area contributed by atoms with E-state index >= 15 is 0 Å². The highest BCUT2D eigenvalue weighted by molar-refractivity contribution is 5.70. The predicted octanol–water partition coefficient (Wildman–Crippen LogP) is 28.4. The van der Waals surface area contributed by atoms with Crippen molar-refractivity contribution in [2.24, 2.45) is 139 Å². The average molecular weight is 1570 g/mol. The molecule has 114 heavy (non-hydrogen) atoms. The Labute approximate surface area is 697 Å². The number of carbonyl (C=O) groups excluding carboxylic acids is 3. The standard InChI is InChI=1S/C105H168O9/c1-70(2)28-25-31-73(7)88-43-46-91-85-40-37-76-64-79(49-55-100(76,10)94(85)52-58-103(88,91)13)112-97(106)34-19-16-22-61-109-82-67-83(110-62-23-17-20-35-98(107)113-80-50-56-101(11)77(65-80)38-41-86-92-47-44-89(74(8)32-26-29-71(3)4)104(92,14)59-53-95(86)101)69-84(68-82)111-63-24-18-21-36-99(108)114-81-51-57-102(12)78(66-81)39-42-87-93-48-45-90(75(9)33-27-30-72(5)6)105(93,15)60-54-96(87)102/h37-39,67-75,79-81,85-96H,16-36,40-66H2,1-15H3/t73-,74-,75-,79+,80+,81+,85+,86+,87+,88-,89-,90-,91+,92+,93+,94+,95+,96+,100+,101+,102+,103-,104-,105-/m1/s1. The molecule has 9 nitrogen and oxygen atoms in total. The van der Waals surface area contributed by atoms with Crippen molar-refractivity contribution >= 4 is 17.9 Å². The predicted molar refractivity (Wildman–Crippen MR) is 467 cm³/mol. The van der Waals surface area contributed by atoms with Crippen molar-refractivity contribution in [2.45, 2.75) is 411 Å². The van der Waals surface area contributed by atoms with E-state index in [4.69, 9.17) is 28.4 Å². The molecular formula is C105H168O9. The van der Waals surface area contributed by atoms with Gasteiger partial charge in [0, 0.05) is 56.7 Å². The average Bonchev–Trinajstić information content (AvgIpc) is 1.42. The third kappa shape index (κ3) is 19.7. The highest BCUT2D eigenvalue weighted by atomic mass is 16.6. The minimum atomic E-state index is -0.0525. The Kier molecular flexibility index (Phi) is 29.8. The number of esters is 3. The van der Waals surface area contributed by atoms with E-state index in [0.29, 0.717) is 72.6 Å². The number of hydrogen-bond donors (Lipinski definition) is 0. The molecule has 24 atom stereocenters. The van der Waals surface area contributed by atoms with Crippen LogP contribution in [0.4, 0.5) is 0 Å². The lowest BCUT2D eigenvalue weighted by Gasteiger charge is -2.58. The summed E-state index contributed by atoms with van der Waals surface area (Å²) in [7, 11) is 0. The number of allylic oxidation sites excluding steroid dienone is 3. The first-order valence-corrected chi connectivity index (χ1v) is 49.3. The van der Waals surface area contributed by atoms with Crippen molar-refractivity contribution in [2.75, 3.05) is 19.8 Å². The van der Waals surface area contributed by atoms with Gasteiger partial charge in [0.2, 0.25) is 0 Å². The molecule has 0 N–H and O–H groups in total. The molecule has 13 rings (SSSR count). The smallest absolute Gasteiger partial charge is 0.306 e. The second-order valence-electron chi connectivity index (χ2n) is 44.6. The Morgan fingerprint density at radius 3 is 0.877 bits per heavy atom. The van der Waals surface area contributed by atoms with Gasteiger partial charge in [-0.25, -0.2) is 0 Å². The first-order chi connectivity index (χ1) is 54.6. The van der Waals surface area contributed by atoms with Crippen molar-refractivity contribution < 1.29 is 42.8 Å². The maximum Gasteiger partial charge on any atom is 0.306 e. The van der Waals surface area contributed by atoms with Crippen molar-refractivity contribution in [3.63, 3.8) is 0 Å². The van der Waals surface area contributed by atoms with E-state index in [1.807, 2.05) is 18.2 Å². The summed E-state index contributed by atoms with van der Waals surface area (Å²) >= 11 is 0. The summed E-state index contributed by atoms with van der Waals surface area (Å²) in [6, 6.07) is 5.92. The van der Waals surface area contributed by atoms with Gasteiger partial charge in [-0.2, -0.15) is 0 Å². The molecule has 0 bridgehead atoms. The first-order valence-electron chi connectivity index (χ1n) is 49.3. The number of rotatable bonds is 39. The normalized spacial score (nSPS) is 37.4. The molecule has 0 spiro atoms. The third-order valence-electron chi connectivity index (χ3n) is 36.4. The van der Waals surface area contributed by atoms with E-state index in [9.17, 15) is 14.4 Å². The molecule has 0 radical (unpaired) electrons. The topological polar surface area (TPSA) is 107 Å². The SMILES string of the molecule is CC(C)CCC[C@@H](C)[C@H]1CC[C@H]2[C@@H]3CC=C4C[C@@H](OC(=O)CCCCCOc5cc(OCCCCCC(=O)O[C@H]6CC[C@@]7(C)C(=CC[C@H]8[C@@H]9CC[C@H]([C@H](C)CCCC(C)C)[C@@]9(C)CC[C@@H]87)C6)cc(OCCCCCC(=O)O[C@H]6CC[C@@]7(C)C(=CC[C@H]8[C@@H]9CC[C@H]([C@H](C)CCCC(C)C)[C@@]9(C)CC[C@@H]87)C6)c5)CC[C@]4(C)[C@H]3CC[C@]12C. The van der Waals surface area contributed by atoms with Crippen LogP contribution < -0.4 is 14.2 Å². The van der Waals surface area contributed by atoms with Crippen molar-refractivity contribution in [1.82, 2.24) is 0 Å². The van der Waals surface area contributed by atoms with E-state index in [1.165, 1.54) is 154 Å². The van der Waals surface area contributed by atoms with Crippen LogP contribution in [0.15, 0.2) is 53.1 Å². The van der Waals surface area contributed by atoms with Crippen molar-refractivity contribution in [1.29, 1.82) is 0 Å². The molecule has 12 aliphatic carbocycles. The maximum absolute atomic E-state index is 13.5. The molecule has 0 unspecified atom stereocenters. The van der Waals surface area contributed by atoms with Gasteiger partial charge in [-0.15, -0.1) is 0 Å². The molecule has 12 aliphatic rings. The molecule has 1 aromatic carbocycles. The lowest BCUT2D eigenvalue weighted by Crippen LogP contribution is -2.51. The van der Waals surface area contributed by atoms with Gasteiger partial charge in [0.1, 0.15) is 35.6 Å². The summed E-state index contributed by atoms with van der Waals surface area (Å²) in [5.74, 6) is 16.7. The first kappa shape index (κ1) is 88.0. The second kappa shape index (κ2) is 38.5. The number of hydrogen-bond acceptors (Lipinski definition) is 9. The van der Waals surface area contributed by atoms with E-state index in [1.54, 1.807) is 16.7 Å². The zero-order valence-electron chi connectivity index (χ0n) is 75.7. The fourth-order valence-electron chi connectivity index (χ4n) is 30.0. The Hall–Kier alpha value is -3.75. The van der Waals surface area contributed by atoms with Crippen LogP contribution in [0.3, 0.4) is 0 Å². The molecule has 9 saturated carbocycles. The largest absolute Gasteiger partial charge is 0.493 e. The van der Waals surface area contributed by atoms with E-state index in [2.05, 4.69) is 122 Å². The van der Waals surface area contributed by atoms with Crippen molar-refractivity contribution in [3.05, 3.63) is 53.1 Å². The van der Waals surface area contributed by atoms with Gasteiger partial charge in [0.05, 0.1) is 19.8 Å². The van der Waals surface area contributed by atoms with Gasteiger partial charge in [-0.1, -0.05) is 197 Å². The molecule has 0 aromatic heterocycles. The molecule has 0 saturated heterocycles. The van der Waals surface area contributed by atoms with E-state index in [-0.39, 0.29) is 52.5 Å². The Morgan fingerprint density at radius 1 is 0.325 bits per heavy atom. The molecule has 642 valence electrons. The van der Waals surface area contributed by atoms with Gasteiger partial charge in [-0.3, -0.25) is 14.4 Å².